The molecule has 0 unspecified atom stereocenters. The number of rotatable bonds is 6. The first-order chi connectivity index (χ1) is 11.8. The van der Waals surface area contributed by atoms with Crippen LogP contribution in [-0.2, 0) is 9.47 Å². The largest absolute Gasteiger partial charge is 0.478 e. The van der Waals surface area contributed by atoms with Crippen molar-refractivity contribution in [2.75, 3.05) is 52.5 Å². The molecule has 0 amide bonds. The van der Waals surface area contributed by atoms with Crippen molar-refractivity contribution < 1.29 is 9.47 Å². The zero-order chi connectivity index (χ0) is 16.8. The molecule has 24 heavy (non-hydrogen) atoms. The Morgan fingerprint density at radius 3 is 1.54 bits per heavy atom. The molecule has 136 valence electrons. The summed E-state index contributed by atoms with van der Waals surface area (Å²) in [6.07, 6.45) is 4.50. The molecule has 0 aliphatic carbocycles. The summed E-state index contributed by atoms with van der Waals surface area (Å²) in [4.78, 5) is 14.3. The molecule has 2 atom stereocenters. The summed E-state index contributed by atoms with van der Waals surface area (Å²) >= 11 is 0. The van der Waals surface area contributed by atoms with Crippen molar-refractivity contribution in [3.05, 3.63) is 0 Å². The van der Waals surface area contributed by atoms with Crippen LogP contribution >= 0.6 is 0 Å². The Labute approximate surface area is 145 Å². The Balaban J connectivity index is 1.41. The number of hydrogen-bond acceptors (Lipinski definition) is 6. The zero-order valence-electron chi connectivity index (χ0n) is 15.2. The second-order valence-corrected chi connectivity index (χ2v) is 7.05. The normalized spacial score (nSPS) is 29.4. The van der Waals surface area contributed by atoms with Gasteiger partial charge in [-0.05, 0) is 51.9 Å². The average molecular weight is 336 g/mol. The molecule has 0 aromatic rings. The van der Waals surface area contributed by atoms with Crippen LogP contribution in [0.3, 0.4) is 0 Å². The van der Waals surface area contributed by atoms with Gasteiger partial charge in [0, 0.05) is 0 Å². The molecule has 3 aliphatic heterocycles. The first kappa shape index (κ1) is 17.7. The van der Waals surface area contributed by atoms with E-state index in [0.29, 0.717) is 12.1 Å². The first-order valence-electron chi connectivity index (χ1n) is 9.60. The fourth-order valence-electron chi connectivity index (χ4n) is 3.49. The minimum atomic E-state index is 0.379. The summed E-state index contributed by atoms with van der Waals surface area (Å²) in [7, 11) is 0. The second-order valence-electron chi connectivity index (χ2n) is 7.05. The second kappa shape index (κ2) is 8.81. The van der Waals surface area contributed by atoms with Crippen LogP contribution in [0, 0.1) is 0 Å². The summed E-state index contributed by atoms with van der Waals surface area (Å²) in [6.45, 7) is 12.1. The molecule has 6 nitrogen and oxygen atoms in total. The highest BCUT2D eigenvalue weighted by molar-refractivity contribution is 5.80. The highest BCUT2D eigenvalue weighted by atomic mass is 16.5. The summed E-state index contributed by atoms with van der Waals surface area (Å²) < 4.78 is 11.5. The van der Waals surface area contributed by atoms with Gasteiger partial charge in [0.1, 0.15) is 13.2 Å². The smallest absolute Gasteiger partial charge is 0.198 e. The zero-order valence-corrected chi connectivity index (χ0v) is 15.2. The maximum atomic E-state index is 5.73. The van der Waals surface area contributed by atoms with Gasteiger partial charge >= 0.3 is 0 Å². The molecular weight excluding hydrogens is 304 g/mol. The van der Waals surface area contributed by atoms with Crippen molar-refractivity contribution in [1.29, 1.82) is 0 Å². The molecule has 3 heterocycles. The van der Waals surface area contributed by atoms with Crippen molar-refractivity contribution in [2.45, 2.75) is 51.6 Å². The lowest BCUT2D eigenvalue weighted by Crippen LogP contribution is -2.40. The molecule has 6 heteroatoms. The Hall–Kier alpha value is -1.14. The van der Waals surface area contributed by atoms with Gasteiger partial charge in [-0.3, -0.25) is 9.80 Å². The molecule has 0 aromatic carbocycles. The third kappa shape index (κ3) is 4.93. The van der Waals surface area contributed by atoms with Crippen LogP contribution in [0.25, 0.3) is 0 Å². The van der Waals surface area contributed by atoms with E-state index < -0.39 is 0 Å². The monoisotopic (exact) mass is 336 g/mol. The average Bonchev–Trinajstić information content (AvgIpc) is 3.20. The van der Waals surface area contributed by atoms with Gasteiger partial charge in [0.25, 0.3) is 0 Å². The van der Waals surface area contributed by atoms with Gasteiger partial charge in [-0.2, -0.15) is 0 Å². The van der Waals surface area contributed by atoms with Crippen molar-refractivity contribution in [3.8, 4) is 0 Å². The van der Waals surface area contributed by atoms with Crippen LogP contribution in [-0.4, -0.2) is 86.2 Å². The van der Waals surface area contributed by atoms with Crippen LogP contribution in [0.1, 0.15) is 39.5 Å². The van der Waals surface area contributed by atoms with Crippen LogP contribution < -0.4 is 0 Å². The molecule has 3 rings (SSSR count). The Bertz CT molecular complexity index is 416. The molecule has 0 aromatic heterocycles. The molecule has 3 aliphatic rings. The van der Waals surface area contributed by atoms with Gasteiger partial charge < -0.3 is 9.47 Å². The Morgan fingerprint density at radius 1 is 0.792 bits per heavy atom. The van der Waals surface area contributed by atoms with E-state index in [0.717, 1.165) is 77.1 Å². The lowest BCUT2D eigenvalue weighted by molar-refractivity contribution is 0.193. The predicted molar refractivity (Wildman–Crippen MR) is 97.0 cm³/mol. The molecule has 1 saturated heterocycles. The van der Waals surface area contributed by atoms with E-state index in [1.807, 2.05) is 0 Å². The SMILES string of the molecule is CC[C@H]1COC(CN2CCCN(CC3=N[C@@H](CC)CO3)CCC2)=N1. The molecule has 0 spiro atoms. The molecule has 1 fully saturated rings. The quantitative estimate of drug-likeness (QED) is 0.742. The first-order valence-corrected chi connectivity index (χ1v) is 9.60. The van der Waals surface area contributed by atoms with E-state index in [1.54, 1.807) is 0 Å². The summed E-state index contributed by atoms with van der Waals surface area (Å²) in [5.74, 6) is 1.89. The number of aliphatic imine (C=N–C) groups is 2. The maximum absolute atomic E-state index is 5.73. The van der Waals surface area contributed by atoms with Gasteiger partial charge in [0.15, 0.2) is 11.8 Å². The highest BCUT2D eigenvalue weighted by Crippen LogP contribution is 2.12. The molecule has 0 saturated carbocycles. The van der Waals surface area contributed by atoms with Crippen LogP contribution in [0.15, 0.2) is 9.98 Å². The van der Waals surface area contributed by atoms with E-state index in [9.17, 15) is 0 Å². The predicted octanol–water partition coefficient (Wildman–Crippen LogP) is 1.80. The van der Waals surface area contributed by atoms with Crippen molar-refractivity contribution >= 4 is 11.8 Å². The van der Waals surface area contributed by atoms with Crippen molar-refractivity contribution in [2.24, 2.45) is 9.98 Å². The lowest BCUT2D eigenvalue weighted by atomic mass is 10.2. The molecular formula is C18H32N4O2. The van der Waals surface area contributed by atoms with E-state index in [-0.39, 0.29) is 0 Å². The summed E-state index contributed by atoms with van der Waals surface area (Å²) in [6, 6.07) is 0.758. The van der Waals surface area contributed by atoms with E-state index >= 15 is 0 Å². The maximum Gasteiger partial charge on any atom is 0.198 e. The third-order valence-electron chi connectivity index (χ3n) is 5.10. The standard InChI is InChI=1S/C18H32N4O2/c1-3-15-13-23-17(19-15)11-21-7-5-9-22(10-6-8-21)12-18-20-16(4-2)14-24-18/h15-16H,3-14H2,1-2H3/t15-,16-/m0/s1. The van der Waals surface area contributed by atoms with E-state index in [2.05, 4.69) is 33.6 Å². The van der Waals surface area contributed by atoms with Crippen LogP contribution in [0.2, 0.25) is 0 Å². The van der Waals surface area contributed by atoms with E-state index in [1.165, 1.54) is 12.8 Å². The van der Waals surface area contributed by atoms with Crippen molar-refractivity contribution in [1.82, 2.24) is 9.80 Å². The fraction of sp³-hybridized carbons (Fsp3) is 0.889. The van der Waals surface area contributed by atoms with Gasteiger partial charge in [0.2, 0.25) is 0 Å². The number of ether oxygens (including phenoxy) is 2. The Morgan fingerprint density at radius 2 is 1.21 bits per heavy atom. The summed E-state index contributed by atoms with van der Waals surface area (Å²) in [5, 5.41) is 0. The Kier molecular flexibility index (Phi) is 6.49. The number of hydrogen-bond donors (Lipinski definition) is 0. The van der Waals surface area contributed by atoms with Gasteiger partial charge in [-0.15, -0.1) is 0 Å². The summed E-state index contributed by atoms with van der Waals surface area (Å²) in [5.41, 5.74) is 0. The molecule has 0 bridgehead atoms. The topological polar surface area (TPSA) is 49.7 Å². The fourth-order valence-corrected chi connectivity index (χ4v) is 3.49. The van der Waals surface area contributed by atoms with Crippen LogP contribution in [0.4, 0.5) is 0 Å². The van der Waals surface area contributed by atoms with Gasteiger partial charge in [-0.1, -0.05) is 13.8 Å². The minimum absolute atomic E-state index is 0.379. The molecule has 0 N–H and O–H groups in total. The van der Waals surface area contributed by atoms with Gasteiger partial charge in [-0.25, -0.2) is 9.98 Å². The minimum Gasteiger partial charge on any atom is -0.478 e. The molecule has 0 radical (unpaired) electrons. The highest BCUT2D eigenvalue weighted by Gasteiger charge is 2.22. The lowest BCUT2D eigenvalue weighted by Gasteiger charge is -2.29. The number of nitrogens with zero attached hydrogens (tertiary/aromatic N) is 4. The third-order valence-corrected chi connectivity index (χ3v) is 5.10. The van der Waals surface area contributed by atoms with Crippen LogP contribution in [0.5, 0.6) is 0 Å². The van der Waals surface area contributed by atoms with E-state index in [4.69, 9.17) is 9.47 Å². The van der Waals surface area contributed by atoms with Gasteiger partial charge in [0.05, 0.1) is 25.2 Å². The van der Waals surface area contributed by atoms with Crippen molar-refractivity contribution in [3.63, 3.8) is 0 Å².